The van der Waals surface area contributed by atoms with Gasteiger partial charge in [0, 0.05) is 35.1 Å². The molecule has 1 aromatic heterocycles. The topological polar surface area (TPSA) is 57.3 Å². The van der Waals surface area contributed by atoms with Crippen molar-refractivity contribution in [2.45, 2.75) is 27.3 Å². The Hall–Kier alpha value is -3.34. The van der Waals surface area contributed by atoms with Crippen molar-refractivity contribution in [2.24, 2.45) is 0 Å². The van der Waals surface area contributed by atoms with E-state index in [4.69, 9.17) is 4.74 Å². The lowest BCUT2D eigenvalue weighted by Crippen LogP contribution is -1.97. The normalized spacial score (nSPS) is 11.2. The van der Waals surface area contributed by atoms with Crippen molar-refractivity contribution in [3.05, 3.63) is 70.3 Å². The molecule has 1 heterocycles. The lowest BCUT2D eigenvalue weighted by Gasteiger charge is -2.13. The van der Waals surface area contributed by atoms with Crippen LogP contribution < -0.4 is 4.74 Å². The molecule has 0 fully saturated rings. The highest BCUT2D eigenvalue weighted by Gasteiger charge is 2.21. The molecule has 0 radical (unpaired) electrons. The van der Waals surface area contributed by atoms with E-state index in [-0.39, 0.29) is 10.6 Å². The van der Waals surface area contributed by atoms with E-state index >= 15 is 0 Å². The molecule has 0 unspecified atom stereocenters. The number of nitro benzene ring substituents is 1. The van der Waals surface area contributed by atoms with Crippen molar-refractivity contribution in [2.75, 3.05) is 6.61 Å². The Balaban J connectivity index is 2.20. The van der Waals surface area contributed by atoms with Crippen LogP contribution in [-0.4, -0.2) is 16.1 Å². The molecule has 3 aromatic carbocycles. The maximum atomic E-state index is 11.4. The van der Waals surface area contributed by atoms with E-state index in [2.05, 4.69) is 36.6 Å². The number of benzene rings is 3. The van der Waals surface area contributed by atoms with Crippen molar-refractivity contribution in [1.82, 2.24) is 4.57 Å². The van der Waals surface area contributed by atoms with E-state index in [9.17, 15) is 10.1 Å². The quantitative estimate of drug-likeness (QED) is 0.313. The number of fused-ring (bicyclic) bond motifs is 3. The zero-order chi connectivity index (χ0) is 19.8. The van der Waals surface area contributed by atoms with Gasteiger partial charge in [-0.25, -0.2) is 0 Å². The number of nitrogens with zero attached hydrogens (tertiary/aromatic N) is 2. The van der Waals surface area contributed by atoms with E-state index in [1.54, 1.807) is 12.1 Å². The minimum atomic E-state index is -0.347. The highest BCUT2D eigenvalue weighted by atomic mass is 16.6. The number of nitro groups is 1. The molecule has 0 bridgehead atoms. The van der Waals surface area contributed by atoms with E-state index in [1.165, 1.54) is 5.56 Å². The van der Waals surface area contributed by atoms with E-state index in [0.717, 1.165) is 45.2 Å². The third-order valence-corrected chi connectivity index (χ3v) is 5.21. The molecule has 4 rings (SSSR count). The van der Waals surface area contributed by atoms with Gasteiger partial charge in [0.15, 0.2) is 0 Å². The summed E-state index contributed by atoms with van der Waals surface area (Å²) in [6.07, 6.45) is 0. The number of hydrogen-bond acceptors (Lipinski definition) is 3. The van der Waals surface area contributed by atoms with Gasteiger partial charge in [-0.15, -0.1) is 0 Å². The lowest BCUT2D eigenvalue weighted by molar-refractivity contribution is -0.384. The molecule has 0 N–H and O–H groups in total. The van der Waals surface area contributed by atoms with Gasteiger partial charge in [-0.3, -0.25) is 10.1 Å². The zero-order valence-electron chi connectivity index (χ0n) is 16.2. The van der Waals surface area contributed by atoms with Crippen LogP contribution in [0.3, 0.4) is 0 Å². The molecule has 0 saturated carbocycles. The highest BCUT2D eigenvalue weighted by Crippen LogP contribution is 2.42. The summed E-state index contributed by atoms with van der Waals surface area (Å²) in [6.45, 7) is 7.43. The number of rotatable bonds is 5. The van der Waals surface area contributed by atoms with Gasteiger partial charge in [0.25, 0.3) is 5.69 Å². The maximum Gasteiger partial charge on any atom is 0.270 e. The van der Waals surface area contributed by atoms with Crippen molar-refractivity contribution < 1.29 is 9.66 Å². The largest absolute Gasteiger partial charge is 0.493 e. The molecule has 0 aliphatic carbocycles. The highest BCUT2D eigenvalue weighted by molar-refractivity contribution is 6.16. The van der Waals surface area contributed by atoms with Crippen LogP contribution in [0.5, 0.6) is 5.75 Å². The summed E-state index contributed by atoms with van der Waals surface area (Å²) in [5, 5.41) is 13.2. The van der Waals surface area contributed by atoms with Crippen LogP contribution in [0.2, 0.25) is 0 Å². The monoisotopic (exact) mass is 374 g/mol. The molecule has 142 valence electrons. The van der Waals surface area contributed by atoms with Gasteiger partial charge < -0.3 is 9.30 Å². The molecule has 0 saturated heterocycles. The number of hydrogen-bond donors (Lipinski definition) is 0. The number of non-ortho nitro benzene ring substituents is 1. The molecule has 28 heavy (non-hydrogen) atoms. The van der Waals surface area contributed by atoms with Crippen molar-refractivity contribution in [3.63, 3.8) is 0 Å². The molecular weight excluding hydrogens is 352 g/mol. The van der Waals surface area contributed by atoms with Crippen LogP contribution in [0.1, 0.15) is 19.4 Å². The Bertz CT molecular complexity index is 1210. The number of aryl methyl sites for hydroxylation is 2. The van der Waals surface area contributed by atoms with Gasteiger partial charge in [0.1, 0.15) is 5.75 Å². The number of aromatic nitrogens is 1. The zero-order valence-corrected chi connectivity index (χ0v) is 16.2. The predicted molar refractivity (Wildman–Crippen MR) is 113 cm³/mol. The first-order valence-corrected chi connectivity index (χ1v) is 9.49. The Kier molecular flexibility index (Phi) is 4.51. The summed E-state index contributed by atoms with van der Waals surface area (Å²) >= 11 is 0. The van der Waals surface area contributed by atoms with Crippen LogP contribution in [-0.2, 0) is 6.54 Å². The van der Waals surface area contributed by atoms with Crippen LogP contribution in [0, 0.1) is 17.0 Å². The van der Waals surface area contributed by atoms with Gasteiger partial charge in [0.05, 0.1) is 22.4 Å². The van der Waals surface area contributed by atoms with Gasteiger partial charge >= 0.3 is 0 Å². The molecule has 5 heteroatoms. The molecule has 0 aliphatic rings. The standard InChI is InChI=1S/C23H22N2O3/c1-4-24-20-12-10-16(25(26)27)14-19(20)22-21(28-5-2)13-11-18(23(22)24)17-9-7-6-8-15(17)3/h6-14H,4-5H2,1-3H3. The number of ether oxygens (including phenoxy) is 1. The molecule has 0 aliphatic heterocycles. The van der Waals surface area contributed by atoms with Gasteiger partial charge in [-0.05, 0) is 50.1 Å². The van der Waals surface area contributed by atoms with Crippen molar-refractivity contribution >= 4 is 27.5 Å². The first kappa shape index (κ1) is 18.0. The Morgan fingerprint density at radius 2 is 1.82 bits per heavy atom. The fraction of sp³-hybridized carbons (Fsp3) is 0.217. The third kappa shape index (κ3) is 2.71. The minimum Gasteiger partial charge on any atom is -0.493 e. The third-order valence-electron chi connectivity index (χ3n) is 5.21. The van der Waals surface area contributed by atoms with Crippen molar-refractivity contribution in [3.8, 4) is 16.9 Å². The smallest absolute Gasteiger partial charge is 0.270 e. The molecular formula is C23H22N2O3. The second-order valence-corrected chi connectivity index (χ2v) is 6.79. The fourth-order valence-corrected chi connectivity index (χ4v) is 4.00. The fourth-order valence-electron chi connectivity index (χ4n) is 4.00. The summed E-state index contributed by atoms with van der Waals surface area (Å²) in [4.78, 5) is 11.0. The first-order chi connectivity index (χ1) is 13.6. The van der Waals surface area contributed by atoms with Crippen LogP contribution in [0.4, 0.5) is 5.69 Å². The van der Waals surface area contributed by atoms with Crippen LogP contribution >= 0.6 is 0 Å². The van der Waals surface area contributed by atoms with Crippen LogP contribution in [0.25, 0.3) is 32.9 Å². The van der Waals surface area contributed by atoms with E-state index in [0.29, 0.717) is 6.61 Å². The predicted octanol–water partition coefficient (Wildman–Crippen LogP) is 6.10. The van der Waals surface area contributed by atoms with E-state index in [1.807, 2.05) is 31.2 Å². The Labute approximate surface area is 163 Å². The molecule has 0 atom stereocenters. The Morgan fingerprint density at radius 1 is 1.04 bits per heavy atom. The summed E-state index contributed by atoms with van der Waals surface area (Å²) < 4.78 is 8.14. The summed E-state index contributed by atoms with van der Waals surface area (Å²) in [6, 6.07) is 17.4. The molecule has 4 aromatic rings. The summed E-state index contributed by atoms with van der Waals surface area (Å²) in [5.74, 6) is 0.757. The summed E-state index contributed by atoms with van der Waals surface area (Å²) in [7, 11) is 0. The average molecular weight is 374 g/mol. The lowest BCUT2D eigenvalue weighted by atomic mass is 9.97. The van der Waals surface area contributed by atoms with Crippen molar-refractivity contribution in [1.29, 1.82) is 0 Å². The minimum absolute atomic E-state index is 0.0893. The maximum absolute atomic E-state index is 11.4. The molecule has 0 amide bonds. The van der Waals surface area contributed by atoms with Gasteiger partial charge in [-0.2, -0.15) is 0 Å². The average Bonchev–Trinajstić information content (AvgIpc) is 3.03. The Morgan fingerprint density at radius 3 is 2.50 bits per heavy atom. The SMILES string of the molecule is CCOc1ccc(-c2ccccc2C)c2c1c1cc([N+](=O)[O-])ccc1n2CC. The molecule has 5 nitrogen and oxygen atoms in total. The van der Waals surface area contributed by atoms with Gasteiger partial charge in [0.2, 0.25) is 0 Å². The second kappa shape index (κ2) is 7.00. The van der Waals surface area contributed by atoms with Crippen LogP contribution in [0.15, 0.2) is 54.6 Å². The van der Waals surface area contributed by atoms with Gasteiger partial charge in [-0.1, -0.05) is 24.3 Å². The second-order valence-electron chi connectivity index (χ2n) is 6.79. The summed E-state index contributed by atoms with van der Waals surface area (Å²) in [5.41, 5.74) is 5.57. The first-order valence-electron chi connectivity index (χ1n) is 9.49. The molecule has 0 spiro atoms. The van der Waals surface area contributed by atoms with E-state index < -0.39 is 0 Å².